The second kappa shape index (κ2) is 12.5. The highest BCUT2D eigenvalue weighted by Crippen LogP contribution is 2.41. The van der Waals surface area contributed by atoms with Crippen molar-refractivity contribution < 1.29 is 43.2 Å². The van der Waals surface area contributed by atoms with E-state index in [-0.39, 0.29) is 24.2 Å². The van der Waals surface area contributed by atoms with Crippen molar-refractivity contribution in [2.24, 2.45) is 0 Å². The molecule has 2 aromatic rings. The smallest absolute Gasteiger partial charge is 0.408 e. The number of nitrogens with zero attached hydrogens (tertiary/aromatic N) is 3. The van der Waals surface area contributed by atoms with E-state index in [2.05, 4.69) is 5.32 Å². The van der Waals surface area contributed by atoms with Crippen LogP contribution in [0.3, 0.4) is 0 Å². The van der Waals surface area contributed by atoms with Crippen molar-refractivity contribution in [3.05, 3.63) is 61.7 Å². The van der Waals surface area contributed by atoms with Gasteiger partial charge in [-0.25, -0.2) is 4.79 Å². The van der Waals surface area contributed by atoms with Crippen LogP contribution in [0.5, 0.6) is 11.5 Å². The number of methoxy groups -OCH3 is 2. The fourth-order valence-electron chi connectivity index (χ4n) is 4.53. The summed E-state index contributed by atoms with van der Waals surface area (Å²) in [5, 5.41) is 25.6. The highest BCUT2D eigenvalue weighted by molar-refractivity contribution is 6.04. The largest absolute Gasteiger partial charge is 0.497 e. The fraction of sp³-hybridized carbons (Fsp3) is 0.464. The molecule has 3 rings (SSSR count). The van der Waals surface area contributed by atoms with Gasteiger partial charge in [-0.1, -0.05) is 0 Å². The first-order valence-electron chi connectivity index (χ1n) is 13.2. The molecule has 15 heteroatoms. The molecule has 1 N–H and O–H groups in total. The summed E-state index contributed by atoms with van der Waals surface area (Å²) in [6, 6.07) is 5.28. The van der Waals surface area contributed by atoms with Gasteiger partial charge in [0.25, 0.3) is 17.3 Å². The lowest BCUT2D eigenvalue weighted by Crippen LogP contribution is -2.51. The van der Waals surface area contributed by atoms with E-state index in [0.29, 0.717) is 17.1 Å². The average Bonchev–Trinajstić information content (AvgIpc) is 3.33. The van der Waals surface area contributed by atoms with Crippen LogP contribution in [0.2, 0.25) is 0 Å². The number of alkyl carbamates (subject to hydrolysis) is 1. The molecule has 1 aliphatic heterocycles. The normalized spacial score (nSPS) is 13.4. The van der Waals surface area contributed by atoms with E-state index in [1.54, 1.807) is 52.8 Å². The number of non-ortho nitro benzene ring substituents is 1. The number of anilines is 1. The van der Waals surface area contributed by atoms with Gasteiger partial charge in [0.1, 0.15) is 34.4 Å². The molecule has 0 fully saturated rings. The Bertz CT molecular complexity index is 1430. The second-order valence-corrected chi connectivity index (χ2v) is 11.2. The first-order chi connectivity index (χ1) is 19.9. The third-order valence-electron chi connectivity index (χ3n) is 6.48. The molecule has 0 saturated carbocycles. The zero-order valence-corrected chi connectivity index (χ0v) is 24.9. The Balaban J connectivity index is 1.94. The zero-order chi connectivity index (χ0) is 32.3. The number of nitro groups is 2. The predicted molar refractivity (Wildman–Crippen MR) is 152 cm³/mol. The summed E-state index contributed by atoms with van der Waals surface area (Å²) in [6.07, 6.45) is -1.60. The lowest BCUT2D eigenvalue weighted by atomic mass is 9.97. The van der Waals surface area contributed by atoms with Gasteiger partial charge in [0, 0.05) is 24.2 Å². The number of nitrogens with one attached hydrogen (secondary N) is 1. The van der Waals surface area contributed by atoms with E-state index in [1.807, 2.05) is 0 Å². The first-order valence-corrected chi connectivity index (χ1v) is 13.2. The van der Waals surface area contributed by atoms with E-state index in [4.69, 9.17) is 18.9 Å². The van der Waals surface area contributed by atoms with Crippen LogP contribution in [0.4, 0.5) is 21.9 Å². The third-order valence-corrected chi connectivity index (χ3v) is 6.48. The van der Waals surface area contributed by atoms with Crippen LogP contribution in [0.25, 0.3) is 0 Å². The summed E-state index contributed by atoms with van der Waals surface area (Å²) in [4.78, 5) is 62.3. The number of hydrogen-bond acceptors (Lipinski definition) is 11. The molecule has 0 spiro atoms. The number of amides is 2. The molecule has 2 amide bonds. The van der Waals surface area contributed by atoms with Gasteiger partial charge in [-0.3, -0.25) is 29.8 Å². The summed E-state index contributed by atoms with van der Waals surface area (Å²) in [5.74, 6) is -0.794. The minimum Gasteiger partial charge on any atom is -0.497 e. The summed E-state index contributed by atoms with van der Waals surface area (Å²) in [7, 11) is 2.93. The van der Waals surface area contributed by atoms with Crippen molar-refractivity contribution >= 4 is 35.0 Å². The van der Waals surface area contributed by atoms with Crippen molar-refractivity contribution in [1.82, 2.24) is 5.32 Å². The SMILES string of the molecule is COc1cc(OC)cc(C(C)(C)OC(=O)N[C@@H](CC(=O)OC(C)(C)C)C(=O)N2CCc3cc([N+](=O)[O-])cc([N+](=O)[O-])c32)c1. The molecule has 15 nitrogen and oxygen atoms in total. The van der Waals surface area contributed by atoms with E-state index < -0.39 is 62.9 Å². The van der Waals surface area contributed by atoms with Gasteiger partial charge in [0.2, 0.25) is 0 Å². The molecular weight excluding hydrogens is 568 g/mol. The number of ether oxygens (including phenoxy) is 4. The molecule has 0 radical (unpaired) electrons. The molecule has 43 heavy (non-hydrogen) atoms. The fourth-order valence-corrected chi connectivity index (χ4v) is 4.53. The molecule has 0 unspecified atom stereocenters. The van der Waals surface area contributed by atoms with Gasteiger partial charge >= 0.3 is 12.1 Å². The molecule has 1 aliphatic rings. The minimum absolute atomic E-state index is 0.0766. The Morgan fingerprint density at radius 2 is 1.53 bits per heavy atom. The minimum atomic E-state index is -1.56. The molecular formula is C28H34N4O11. The molecule has 2 aromatic carbocycles. The lowest BCUT2D eigenvalue weighted by molar-refractivity contribution is -0.393. The molecule has 1 heterocycles. The van der Waals surface area contributed by atoms with Crippen molar-refractivity contribution in [3.8, 4) is 11.5 Å². The highest BCUT2D eigenvalue weighted by atomic mass is 16.6. The first kappa shape index (κ1) is 32.6. The summed E-state index contributed by atoms with van der Waals surface area (Å²) in [6.45, 7) is 7.99. The predicted octanol–water partition coefficient (Wildman–Crippen LogP) is 4.17. The third kappa shape index (κ3) is 7.87. The maximum Gasteiger partial charge on any atom is 0.408 e. The van der Waals surface area contributed by atoms with E-state index in [1.165, 1.54) is 14.2 Å². The van der Waals surface area contributed by atoms with Gasteiger partial charge in [0.05, 0.1) is 36.6 Å². The number of fused-ring (bicyclic) bond motifs is 1. The maximum atomic E-state index is 13.8. The van der Waals surface area contributed by atoms with Gasteiger partial charge in [-0.15, -0.1) is 0 Å². The standard InChI is InChI=1S/C28H34N4O11/c1-27(2,3)42-23(33)15-21(29-26(35)43-28(4,5)17-11-19(40-6)14-20(12-17)41-7)25(34)30-9-8-16-10-18(31(36)37)13-22(24(16)30)32(38)39/h10-14,21H,8-9,15H2,1-7H3,(H,29,35)/t21-/m0/s1. The molecule has 0 saturated heterocycles. The van der Waals surface area contributed by atoms with E-state index in [0.717, 1.165) is 17.0 Å². The highest BCUT2D eigenvalue weighted by Gasteiger charge is 2.40. The lowest BCUT2D eigenvalue weighted by Gasteiger charge is -2.29. The Kier molecular flexibility index (Phi) is 9.47. The summed E-state index contributed by atoms with van der Waals surface area (Å²) < 4.78 is 21.6. The van der Waals surface area contributed by atoms with Gasteiger partial charge in [0.15, 0.2) is 0 Å². The van der Waals surface area contributed by atoms with Gasteiger partial charge < -0.3 is 29.2 Å². The number of carbonyl (C=O) groups excluding carboxylic acids is 3. The van der Waals surface area contributed by atoms with Crippen LogP contribution in [0, 0.1) is 20.2 Å². The van der Waals surface area contributed by atoms with Crippen molar-refractivity contribution in [1.29, 1.82) is 0 Å². The monoisotopic (exact) mass is 602 g/mol. The van der Waals surface area contributed by atoms with E-state index >= 15 is 0 Å². The maximum absolute atomic E-state index is 13.8. The van der Waals surface area contributed by atoms with Crippen molar-refractivity contribution in [2.75, 3.05) is 25.7 Å². The molecule has 232 valence electrons. The van der Waals surface area contributed by atoms with Gasteiger partial charge in [-0.05, 0) is 58.7 Å². The number of hydrogen-bond donors (Lipinski definition) is 1. The Morgan fingerprint density at radius 3 is 2.05 bits per heavy atom. The molecule has 0 bridgehead atoms. The Labute approximate surface area is 247 Å². The molecule has 1 atom stereocenters. The molecule has 0 aliphatic carbocycles. The van der Waals surface area contributed by atoms with Crippen molar-refractivity contribution in [2.45, 2.75) is 64.7 Å². The number of nitro benzene ring substituents is 2. The number of benzene rings is 2. The van der Waals surface area contributed by atoms with Crippen LogP contribution >= 0.6 is 0 Å². The van der Waals surface area contributed by atoms with Crippen LogP contribution in [-0.2, 0) is 31.1 Å². The quantitative estimate of drug-likeness (QED) is 0.233. The van der Waals surface area contributed by atoms with Crippen LogP contribution in [0.15, 0.2) is 30.3 Å². The summed E-state index contributed by atoms with van der Waals surface area (Å²) in [5.41, 5.74) is -2.76. The van der Waals surface area contributed by atoms with E-state index in [9.17, 15) is 34.6 Å². The summed E-state index contributed by atoms with van der Waals surface area (Å²) >= 11 is 0. The number of carbonyl (C=O) groups is 3. The zero-order valence-electron chi connectivity index (χ0n) is 24.9. The van der Waals surface area contributed by atoms with Crippen LogP contribution in [-0.4, -0.2) is 60.2 Å². The van der Waals surface area contributed by atoms with Crippen LogP contribution in [0.1, 0.15) is 52.2 Å². The second-order valence-electron chi connectivity index (χ2n) is 11.2. The molecule has 0 aromatic heterocycles. The Hall–Kier alpha value is -4.95. The van der Waals surface area contributed by atoms with Crippen molar-refractivity contribution in [3.63, 3.8) is 0 Å². The number of rotatable bonds is 10. The topological polar surface area (TPSA) is 190 Å². The average molecular weight is 603 g/mol. The Morgan fingerprint density at radius 1 is 0.930 bits per heavy atom. The van der Waals surface area contributed by atoms with Crippen LogP contribution < -0.4 is 19.7 Å². The number of esters is 1. The van der Waals surface area contributed by atoms with Gasteiger partial charge in [-0.2, -0.15) is 0 Å².